The van der Waals surface area contributed by atoms with Gasteiger partial charge in [-0.3, -0.25) is 4.79 Å². The molecule has 0 aliphatic heterocycles. The standard InChI is InChI=1S/C16H17NO7S/c1-10-13(24-15(19)23-10)8-22-16(20)25-9-12(17)14(18)21-7-11-5-3-2-4-6-11/h2-6,12H,7-9,17H2,1H3/t12-/m0/s1. The molecule has 0 radical (unpaired) electrons. The minimum absolute atomic E-state index is 0.000768. The van der Waals surface area contributed by atoms with Crippen molar-refractivity contribution >= 4 is 23.0 Å². The van der Waals surface area contributed by atoms with Gasteiger partial charge in [-0.25, -0.2) is 9.59 Å². The first-order valence-corrected chi connectivity index (χ1v) is 8.29. The van der Waals surface area contributed by atoms with E-state index in [0.29, 0.717) is 0 Å². The minimum Gasteiger partial charge on any atom is -0.460 e. The lowest BCUT2D eigenvalue weighted by molar-refractivity contribution is -0.145. The highest BCUT2D eigenvalue weighted by Crippen LogP contribution is 2.12. The minimum atomic E-state index is -0.963. The lowest BCUT2D eigenvalue weighted by atomic mass is 10.2. The second-order valence-corrected chi connectivity index (χ2v) is 5.94. The number of benzene rings is 1. The van der Waals surface area contributed by atoms with E-state index in [0.717, 1.165) is 17.3 Å². The largest absolute Gasteiger partial charge is 0.519 e. The number of esters is 1. The van der Waals surface area contributed by atoms with Crippen LogP contribution in [0, 0.1) is 6.92 Å². The van der Waals surface area contributed by atoms with Crippen molar-refractivity contribution in [1.82, 2.24) is 0 Å². The number of rotatable bonds is 7. The molecule has 0 fully saturated rings. The summed E-state index contributed by atoms with van der Waals surface area (Å²) in [5.74, 6) is -1.10. The van der Waals surface area contributed by atoms with Crippen LogP contribution < -0.4 is 11.6 Å². The molecule has 134 valence electrons. The van der Waals surface area contributed by atoms with Crippen molar-refractivity contribution in [3.63, 3.8) is 0 Å². The van der Waals surface area contributed by atoms with Crippen LogP contribution in [0.4, 0.5) is 4.79 Å². The molecule has 0 saturated heterocycles. The molecule has 0 saturated carbocycles. The lowest BCUT2D eigenvalue weighted by Crippen LogP contribution is -2.34. The summed E-state index contributed by atoms with van der Waals surface area (Å²) in [6.07, 6.45) is 0. The van der Waals surface area contributed by atoms with Crippen LogP contribution in [0.2, 0.25) is 0 Å². The summed E-state index contributed by atoms with van der Waals surface area (Å²) in [7, 11) is 0. The summed E-state index contributed by atoms with van der Waals surface area (Å²) < 4.78 is 19.3. The molecule has 9 heteroatoms. The van der Waals surface area contributed by atoms with Crippen LogP contribution in [0.5, 0.6) is 0 Å². The Morgan fingerprint density at radius 1 is 1.16 bits per heavy atom. The van der Waals surface area contributed by atoms with E-state index < -0.39 is 23.1 Å². The Hall–Kier alpha value is -2.52. The fourth-order valence-corrected chi connectivity index (χ4v) is 2.33. The van der Waals surface area contributed by atoms with Crippen molar-refractivity contribution in [2.45, 2.75) is 26.2 Å². The van der Waals surface area contributed by atoms with E-state index in [2.05, 4.69) is 4.42 Å². The van der Waals surface area contributed by atoms with Crippen molar-refractivity contribution in [3.8, 4) is 0 Å². The zero-order valence-electron chi connectivity index (χ0n) is 13.4. The highest BCUT2D eigenvalue weighted by atomic mass is 32.2. The molecule has 1 heterocycles. The zero-order chi connectivity index (χ0) is 18.2. The summed E-state index contributed by atoms with van der Waals surface area (Å²) in [5, 5.41) is -0.658. The number of nitrogens with two attached hydrogens (primary N) is 1. The van der Waals surface area contributed by atoms with Crippen molar-refractivity contribution in [1.29, 1.82) is 0 Å². The van der Waals surface area contributed by atoms with E-state index in [9.17, 15) is 14.4 Å². The average molecular weight is 367 g/mol. The van der Waals surface area contributed by atoms with Gasteiger partial charge >= 0.3 is 17.1 Å². The van der Waals surface area contributed by atoms with Crippen LogP contribution in [-0.4, -0.2) is 23.1 Å². The molecule has 1 atom stereocenters. The van der Waals surface area contributed by atoms with Gasteiger partial charge in [0.25, 0.3) is 0 Å². The van der Waals surface area contributed by atoms with E-state index in [1.807, 2.05) is 30.3 Å². The van der Waals surface area contributed by atoms with Crippen molar-refractivity contribution in [2.75, 3.05) is 5.75 Å². The number of ether oxygens (including phenoxy) is 2. The van der Waals surface area contributed by atoms with Crippen LogP contribution in [-0.2, 0) is 27.5 Å². The Morgan fingerprint density at radius 3 is 2.52 bits per heavy atom. The summed E-state index contributed by atoms with van der Waals surface area (Å²) in [6.45, 7) is 1.39. The van der Waals surface area contributed by atoms with E-state index in [1.165, 1.54) is 6.92 Å². The summed E-state index contributed by atoms with van der Waals surface area (Å²) in [5.41, 5.74) is 6.53. The molecule has 1 aromatic carbocycles. The van der Waals surface area contributed by atoms with Crippen LogP contribution >= 0.6 is 11.8 Å². The first-order chi connectivity index (χ1) is 12.0. The smallest absolute Gasteiger partial charge is 0.460 e. The van der Waals surface area contributed by atoms with E-state index in [1.54, 1.807) is 0 Å². The molecule has 2 aromatic rings. The third-order valence-corrected chi connectivity index (χ3v) is 3.94. The van der Waals surface area contributed by atoms with Crippen molar-refractivity contribution in [2.24, 2.45) is 5.73 Å². The molecule has 0 amide bonds. The van der Waals surface area contributed by atoms with Gasteiger partial charge in [-0.15, -0.1) is 0 Å². The molecule has 2 rings (SSSR count). The van der Waals surface area contributed by atoms with Gasteiger partial charge in [0, 0.05) is 5.75 Å². The van der Waals surface area contributed by atoms with Crippen molar-refractivity contribution < 1.29 is 27.9 Å². The number of thioether (sulfide) groups is 1. The highest BCUT2D eigenvalue weighted by molar-refractivity contribution is 8.13. The molecule has 0 aliphatic carbocycles. The van der Waals surface area contributed by atoms with Crippen LogP contribution in [0.1, 0.15) is 17.1 Å². The predicted octanol–water partition coefficient (Wildman–Crippen LogP) is 1.98. The lowest BCUT2D eigenvalue weighted by Gasteiger charge is -2.11. The number of carbonyl (C=O) groups excluding carboxylic acids is 2. The highest BCUT2D eigenvalue weighted by Gasteiger charge is 2.19. The molecule has 0 aliphatic rings. The number of aryl methyl sites for hydroxylation is 1. The van der Waals surface area contributed by atoms with Crippen LogP contribution in [0.3, 0.4) is 0 Å². The quantitative estimate of drug-likeness (QED) is 0.732. The molecular weight excluding hydrogens is 350 g/mol. The topological polar surface area (TPSA) is 122 Å². The average Bonchev–Trinajstić information content (AvgIpc) is 2.93. The van der Waals surface area contributed by atoms with Gasteiger partial charge in [-0.1, -0.05) is 30.3 Å². The summed E-state index contributed by atoms with van der Waals surface area (Å²) in [4.78, 5) is 34.3. The van der Waals surface area contributed by atoms with Gasteiger partial charge in [-0.05, 0) is 24.2 Å². The maximum atomic E-state index is 11.8. The zero-order valence-corrected chi connectivity index (χ0v) is 14.2. The van der Waals surface area contributed by atoms with E-state index >= 15 is 0 Å². The molecule has 0 spiro atoms. The van der Waals surface area contributed by atoms with Gasteiger partial charge in [0.2, 0.25) is 0 Å². The first kappa shape index (κ1) is 18.8. The third-order valence-electron chi connectivity index (χ3n) is 3.06. The predicted molar refractivity (Wildman–Crippen MR) is 88.8 cm³/mol. The van der Waals surface area contributed by atoms with Crippen LogP contribution in [0.15, 0.2) is 44.0 Å². The van der Waals surface area contributed by atoms with Crippen LogP contribution in [0.25, 0.3) is 0 Å². The first-order valence-electron chi connectivity index (χ1n) is 7.31. The van der Waals surface area contributed by atoms with Gasteiger partial charge in [0.15, 0.2) is 18.1 Å². The normalized spacial score (nSPS) is 11.8. The maximum Gasteiger partial charge on any atom is 0.519 e. The number of hydrogen-bond donors (Lipinski definition) is 1. The monoisotopic (exact) mass is 367 g/mol. The second-order valence-electron chi connectivity index (χ2n) is 4.98. The molecule has 1 aromatic heterocycles. The fourth-order valence-electron chi connectivity index (χ4n) is 1.73. The Labute approximate surface area is 147 Å². The molecule has 25 heavy (non-hydrogen) atoms. The Bertz CT molecular complexity index is 768. The Balaban J connectivity index is 1.68. The SMILES string of the molecule is Cc1oc(=O)oc1COC(=O)SC[C@H](N)C(=O)OCc1ccccc1. The third kappa shape index (κ3) is 6.12. The van der Waals surface area contributed by atoms with E-state index in [4.69, 9.17) is 19.6 Å². The van der Waals surface area contributed by atoms with Crippen molar-refractivity contribution in [3.05, 3.63) is 58.0 Å². The molecule has 0 bridgehead atoms. The molecule has 8 nitrogen and oxygen atoms in total. The summed E-state index contributed by atoms with van der Waals surface area (Å²) in [6, 6.07) is 8.20. The fraction of sp³-hybridized carbons (Fsp3) is 0.312. The molecular formula is C16H17NO7S. The maximum absolute atomic E-state index is 11.8. The van der Waals surface area contributed by atoms with Gasteiger partial charge in [-0.2, -0.15) is 0 Å². The molecule has 2 N–H and O–H groups in total. The summed E-state index contributed by atoms with van der Waals surface area (Å²) >= 11 is 0.729. The van der Waals surface area contributed by atoms with Gasteiger partial charge in [0.05, 0.1) is 0 Å². The van der Waals surface area contributed by atoms with Gasteiger partial charge < -0.3 is 24.0 Å². The number of carbonyl (C=O) groups is 2. The second kappa shape index (κ2) is 9.09. The van der Waals surface area contributed by atoms with E-state index in [-0.39, 0.29) is 30.5 Å². The molecule has 0 unspecified atom stereocenters. The number of hydrogen-bond acceptors (Lipinski definition) is 9. The Kier molecular flexibility index (Phi) is 6.84. The van der Waals surface area contributed by atoms with Gasteiger partial charge in [0.1, 0.15) is 12.6 Å². The Morgan fingerprint density at radius 2 is 1.88 bits per heavy atom.